The second-order valence-corrected chi connectivity index (χ2v) is 16.6. The number of hydrogen-bond acceptors (Lipinski definition) is 16. The van der Waals surface area contributed by atoms with Gasteiger partial charge in [-0.3, -0.25) is 48.2 Å². The molecule has 0 radical (unpaired) electrons. The summed E-state index contributed by atoms with van der Waals surface area (Å²) in [6.07, 6.45) is 1.45. The van der Waals surface area contributed by atoms with Crippen molar-refractivity contribution in [1.82, 2.24) is 19.6 Å². The molecular formula is C54H66N4O14. The molecule has 0 aliphatic heterocycles. The topological polar surface area (TPSA) is 205 Å². The van der Waals surface area contributed by atoms with Gasteiger partial charge in [-0.1, -0.05) is 135 Å². The highest BCUT2D eigenvalue weighted by atomic mass is 16.6. The van der Waals surface area contributed by atoms with Crippen molar-refractivity contribution < 1.29 is 66.8 Å². The standard InChI is InChI=1S/C54H66N4O14/c1-3-17-49(61)67-31-29-55(33-47(59)57(35-51(63)69-39-43-19-9-5-10-20-43)36-52(64)70-40-44-21-11-6-12-22-44)27-28-56(30-32-68-50(62)18-4-2)34-48(60)58(37-53(65)71-41-45-23-13-7-14-24-45)38-54(66)72-42-46-25-15-8-16-26-46/h5-16,19-26H,3-4,17-18,27-42H2,1-2H3. The van der Waals surface area contributed by atoms with E-state index in [1.54, 1.807) is 107 Å². The van der Waals surface area contributed by atoms with E-state index in [2.05, 4.69) is 0 Å². The molecule has 4 aromatic rings. The van der Waals surface area contributed by atoms with Gasteiger partial charge in [0, 0.05) is 39.0 Å². The molecule has 0 aliphatic carbocycles. The maximum atomic E-state index is 14.2. The predicted molar refractivity (Wildman–Crippen MR) is 263 cm³/mol. The van der Waals surface area contributed by atoms with Crippen molar-refractivity contribution in [3.05, 3.63) is 144 Å². The normalized spacial score (nSPS) is 10.8. The van der Waals surface area contributed by atoms with Gasteiger partial charge >= 0.3 is 35.8 Å². The van der Waals surface area contributed by atoms with Gasteiger partial charge in [0.15, 0.2) is 0 Å². The monoisotopic (exact) mass is 994 g/mol. The molecule has 4 rings (SSSR count). The van der Waals surface area contributed by atoms with Gasteiger partial charge in [0.1, 0.15) is 65.8 Å². The zero-order valence-electron chi connectivity index (χ0n) is 41.2. The predicted octanol–water partition coefficient (Wildman–Crippen LogP) is 4.91. The van der Waals surface area contributed by atoms with Crippen LogP contribution in [0, 0.1) is 0 Å². The molecule has 0 aromatic heterocycles. The fraction of sp³-hybridized carbons (Fsp3) is 0.407. The molecule has 4 aromatic carbocycles. The number of hydrogen-bond donors (Lipinski definition) is 0. The van der Waals surface area contributed by atoms with Crippen molar-refractivity contribution in [2.45, 2.75) is 66.0 Å². The van der Waals surface area contributed by atoms with Crippen molar-refractivity contribution in [2.24, 2.45) is 0 Å². The Hall–Kier alpha value is -7.44. The van der Waals surface area contributed by atoms with E-state index in [1.165, 1.54) is 0 Å². The Bertz CT molecular complexity index is 2010. The summed E-state index contributed by atoms with van der Waals surface area (Å²) in [5.74, 6) is -5.31. The van der Waals surface area contributed by atoms with Gasteiger partial charge < -0.3 is 38.2 Å². The van der Waals surface area contributed by atoms with Crippen LogP contribution in [-0.2, 0) is 93.2 Å². The van der Waals surface area contributed by atoms with Crippen molar-refractivity contribution >= 4 is 47.6 Å². The Morgan fingerprint density at radius 1 is 0.333 bits per heavy atom. The minimum Gasteiger partial charge on any atom is -0.464 e. The third kappa shape index (κ3) is 23.9. The fourth-order valence-electron chi connectivity index (χ4n) is 6.76. The number of ether oxygens (including phenoxy) is 6. The van der Waals surface area contributed by atoms with Crippen LogP contribution in [0.2, 0.25) is 0 Å². The zero-order valence-corrected chi connectivity index (χ0v) is 41.2. The second-order valence-electron chi connectivity index (χ2n) is 16.6. The van der Waals surface area contributed by atoms with Crippen molar-refractivity contribution in [2.75, 3.05) is 78.7 Å². The molecule has 2 amide bonds. The third-order valence-corrected chi connectivity index (χ3v) is 10.7. The first-order chi connectivity index (χ1) is 34.9. The molecule has 0 saturated heterocycles. The van der Waals surface area contributed by atoms with Crippen LogP contribution in [0.5, 0.6) is 0 Å². The van der Waals surface area contributed by atoms with Gasteiger partial charge in [0.2, 0.25) is 11.8 Å². The number of carbonyl (C=O) groups excluding carboxylic acids is 8. The second kappa shape index (κ2) is 33.2. The number of carbonyl (C=O) groups is 8. The van der Waals surface area contributed by atoms with E-state index in [4.69, 9.17) is 28.4 Å². The maximum Gasteiger partial charge on any atom is 0.325 e. The van der Waals surface area contributed by atoms with Gasteiger partial charge in [-0.25, -0.2) is 0 Å². The summed E-state index contributed by atoms with van der Waals surface area (Å²) in [5.41, 5.74) is 2.86. The van der Waals surface area contributed by atoms with Gasteiger partial charge in [-0.2, -0.15) is 0 Å². The number of rotatable bonds is 33. The summed E-state index contributed by atoms with van der Waals surface area (Å²) in [4.78, 5) is 111. The summed E-state index contributed by atoms with van der Waals surface area (Å²) in [6, 6.07) is 35.7. The third-order valence-electron chi connectivity index (χ3n) is 10.7. The first kappa shape index (κ1) is 57.1. The van der Waals surface area contributed by atoms with Crippen molar-refractivity contribution in [3.63, 3.8) is 0 Å². The van der Waals surface area contributed by atoms with Gasteiger partial charge in [0.05, 0.1) is 13.1 Å². The highest BCUT2D eigenvalue weighted by molar-refractivity contribution is 5.88. The zero-order chi connectivity index (χ0) is 51.8. The van der Waals surface area contributed by atoms with Crippen LogP contribution in [-0.4, -0.2) is 146 Å². The molecule has 0 atom stereocenters. The first-order valence-electron chi connectivity index (χ1n) is 24.0. The molecule has 0 fully saturated rings. The summed E-state index contributed by atoms with van der Waals surface area (Å²) >= 11 is 0. The van der Waals surface area contributed by atoms with Crippen LogP contribution in [0.1, 0.15) is 61.8 Å². The Balaban J connectivity index is 1.54. The van der Waals surface area contributed by atoms with E-state index < -0.39 is 73.8 Å². The SMILES string of the molecule is CCCC(=O)OCCN(CCN(CCOC(=O)CCC)CC(=O)N(CC(=O)OCc1ccccc1)CC(=O)OCc1ccccc1)CC(=O)N(CC(=O)OCc1ccccc1)CC(=O)OCc1ccccc1. The maximum absolute atomic E-state index is 14.2. The molecule has 18 nitrogen and oxygen atoms in total. The van der Waals surface area contributed by atoms with E-state index in [0.717, 1.165) is 9.80 Å². The van der Waals surface area contributed by atoms with E-state index in [9.17, 15) is 38.4 Å². The molecular weight excluding hydrogens is 929 g/mol. The summed E-state index contributed by atoms with van der Waals surface area (Å²) in [6.45, 7) is 0.108. The van der Waals surface area contributed by atoms with E-state index in [-0.39, 0.29) is 91.8 Å². The molecule has 18 heteroatoms. The molecule has 0 heterocycles. The number of benzene rings is 4. The number of nitrogens with zero attached hydrogens (tertiary/aromatic N) is 4. The molecule has 0 N–H and O–H groups in total. The van der Waals surface area contributed by atoms with Crippen molar-refractivity contribution in [1.29, 1.82) is 0 Å². The van der Waals surface area contributed by atoms with Crippen LogP contribution in [0.15, 0.2) is 121 Å². The molecule has 0 unspecified atom stereocenters. The van der Waals surface area contributed by atoms with Crippen LogP contribution in [0.4, 0.5) is 0 Å². The lowest BCUT2D eigenvalue weighted by atomic mass is 10.2. The largest absolute Gasteiger partial charge is 0.464 e. The highest BCUT2D eigenvalue weighted by Crippen LogP contribution is 2.09. The summed E-state index contributed by atoms with van der Waals surface area (Å²) < 4.78 is 32.8. The molecule has 386 valence electrons. The van der Waals surface area contributed by atoms with Crippen LogP contribution in [0.3, 0.4) is 0 Å². The highest BCUT2D eigenvalue weighted by Gasteiger charge is 2.27. The summed E-state index contributed by atoms with van der Waals surface area (Å²) in [7, 11) is 0. The van der Waals surface area contributed by atoms with Gasteiger partial charge in [-0.15, -0.1) is 0 Å². The lowest BCUT2D eigenvalue weighted by molar-refractivity contribution is -0.156. The van der Waals surface area contributed by atoms with E-state index >= 15 is 0 Å². The van der Waals surface area contributed by atoms with Crippen LogP contribution in [0.25, 0.3) is 0 Å². The Kier molecular flexibility index (Phi) is 26.3. The average molecular weight is 995 g/mol. The first-order valence-corrected chi connectivity index (χ1v) is 24.0. The Morgan fingerprint density at radius 3 is 0.847 bits per heavy atom. The van der Waals surface area contributed by atoms with E-state index in [1.807, 2.05) is 38.1 Å². The number of amides is 2. The van der Waals surface area contributed by atoms with Gasteiger partial charge in [-0.05, 0) is 35.1 Å². The Morgan fingerprint density at radius 2 is 0.597 bits per heavy atom. The lowest BCUT2D eigenvalue weighted by Gasteiger charge is -2.30. The Labute approximate surface area is 421 Å². The van der Waals surface area contributed by atoms with Gasteiger partial charge in [0.25, 0.3) is 0 Å². The quantitative estimate of drug-likeness (QED) is 0.0460. The lowest BCUT2D eigenvalue weighted by Crippen LogP contribution is -2.49. The smallest absolute Gasteiger partial charge is 0.325 e. The fourth-order valence-corrected chi connectivity index (χ4v) is 6.76. The molecule has 0 spiro atoms. The minimum atomic E-state index is -0.775. The molecule has 0 saturated carbocycles. The number of esters is 6. The summed E-state index contributed by atoms with van der Waals surface area (Å²) in [5, 5.41) is 0. The van der Waals surface area contributed by atoms with Crippen LogP contribution >= 0.6 is 0 Å². The van der Waals surface area contributed by atoms with E-state index in [0.29, 0.717) is 35.1 Å². The minimum absolute atomic E-state index is 0.0197. The van der Waals surface area contributed by atoms with Crippen LogP contribution < -0.4 is 0 Å². The molecule has 0 aliphatic rings. The van der Waals surface area contributed by atoms with Crippen molar-refractivity contribution in [3.8, 4) is 0 Å². The molecule has 72 heavy (non-hydrogen) atoms. The molecule has 0 bridgehead atoms. The average Bonchev–Trinajstić information content (AvgIpc) is 3.38.